The van der Waals surface area contributed by atoms with Crippen LogP contribution in [-0.4, -0.2) is 43.9 Å². The molecule has 0 N–H and O–H groups in total. The summed E-state index contributed by atoms with van der Waals surface area (Å²) >= 11 is 0. The minimum absolute atomic E-state index is 0.226. The zero-order valence-corrected chi connectivity index (χ0v) is 13.1. The molecule has 2 aliphatic rings. The number of nitrogens with zero attached hydrogens (tertiary/aromatic N) is 6. The van der Waals surface area contributed by atoms with Crippen LogP contribution in [0.5, 0.6) is 0 Å². The predicted molar refractivity (Wildman–Crippen MR) is 84.6 cm³/mol. The number of fused-ring (bicyclic) bond motifs is 1. The van der Waals surface area contributed by atoms with Crippen molar-refractivity contribution in [2.24, 2.45) is 0 Å². The number of carbonyl (C=O) groups excluding carboxylic acids is 1. The summed E-state index contributed by atoms with van der Waals surface area (Å²) in [5, 5.41) is 8.64. The summed E-state index contributed by atoms with van der Waals surface area (Å²) in [5.41, 5.74) is 3.16. The first-order valence-electron chi connectivity index (χ1n) is 8.15. The quantitative estimate of drug-likeness (QED) is 0.852. The molecule has 0 aliphatic carbocycles. The van der Waals surface area contributed by atoms with Gasteiger partial charge < -0.3 is 9.80 Å². The van der Waals surface area contributed by atoms with Gasteiger partial charge in [-0.15, -0.1) is 5.10 Å². The largest absolute Gasteiger partial charge is 0.364 e. The van der Waals surface area contributed by atoms with Crippen molar-refractivity contribution in [3.63, 3.8) is 0 Å². The zero-order chi connectivity index (χ0) is 15.6. The Morgan fingerprint density at radius 2 is 2.13 bits per heavy atom. The molecule has 4 heterocycles. The van der Waals surface area contributed by atoms with E-state index in [0.717, 1.165) is 56.1 Å². The summed E-state index contributed by atoms with van der Waals surface area (Å²) in [4.78, 5) is 20.3. The Morgan fingerprint density at radius 3 is 2.91 bits per heavy atom. The lowest BCUT2D eigenvalue weighted by Gasteiger charge is -2.22. The van der Waals surface area contributed by atoms with E-state index in [2.05, 4.69) is 26.3 Å². The second-order valence-electron chi connectivity index (χ2n) is 6.11. The SMILES string of the molecule is O=C1CCCN1Cc1nnn2c1CN(c1cccnc1)CCC2. The molecule has 0 radical (unpaired) electrons. The Labute approximate surface area is 134 Å². The van der Waals surface area contributed by atoms with E-state index in [-0.39, 0.29) is 5.91 Å². The number of rotatable bonds is 3. The number of hydrogen-bond donors (Lipinski definition) is 0. The first-order valence-corrected chi connectivity index (χ1v) is 8.15. The van der Waals surface area contributed by atoms with Crippen LogP contribution in [0.1, 0.15) is 30.7 Å². The number of anilines is 1. The third-order valence-corrected chi connectivity index (χ3v) is 4.58. The van der Waals surface area contributed by atoms with E-state index in [1.807, 2.05) is 21.8 Å². The van der Waals surface area contributed by atoms with Gasteiger partial charge in [0, 0.05) is 32.3 Å². The van der Waals surface area contributed by atoms with E-state index in [9.17, 15) is 4.79 Å². The van der Waals surface area contributed by atoms with E-state index >= 15 is 0 Å². The lowest BCUT2D eigenvalue weighted by atomic mass is 10.2. The molecule has 1 fully saturated rings. The first kappa shape index (κ1) is 14.2. The average Bonchev–Trinajstić information content (AvgIpc) is 3.08. The van der Waals surface area contributed by atoms with Crippen molar-refractivity contribution in [3.8, 4) is 0 Å². The van der Waals surface area contributed by atoms with E-state index in [0.29, 0.717) is 13.0 Å². The fourth-order valence-electron chi connectivity index (χ4n) is 3.33. The van der Waals surface area contributed by atoms with Gasteiger partial charge in [0.1, 0.15) is 5.69 Å². The van der Waals surface area contributed by atoms with Crippen molar-refractivity contribution < 1.29 is 4.79 Å². The molecule has 23 heavy (non-hydrogen) atoms. The minimum Gasteiger partial charge on any atom is -0.364 e. The maximum absolute atomic E-state index is 11.9. The molecule has 4 rings (SSSR count). The minimum atomic E-state index is 0.226. The highest BCUT2D eigenvalue weighted by Crippen LogP contribution is 2.22. The Bertz CT molecular complexity index is 698. The van der Waals surface area contributed by atoms with Crippen LogP contribution in [-0.2, 0) is 24.4 Å². The summed E-state index contributed by atoms with van der Waals surface area (Å²) in [5.74, 6) is 0.226. The van der Waals surface area contributed by atoms with Crippen molar-refractivity contribution >= 4 is 11.6 Å². The van der Waals surface area contributed by atoms with Gasteiger partial charge >= 0.3 is 0 Å². The zero-order valence-electron chi connectivity index (χ0n) is 13.1. The predicted octanol–water partition coefficient (Wildman–Crippen LogP) is 1.21. The monoisotopic (exact) mass is 312 g/mol. The Hall–Kier alpha value is -2.44. The van der Waals surface area contributed by atoms with Gasteiger partial charge in [-0.3, -0.25) is 9.78 Å². The van der Waals surface area contributed by atoms with Gasteiger partial charge in [0.2, 0.25) is 5.91 Å². The maximum atomic E-state index is 11.9. The Morgan fingerprint density at radius 1 is 1.17 bits per heavy atom. The fraction of sp³-hybridized carbons (Fsp3) is 0.500. The highest BCUT2D eigenvalue weighted by molar-refractivity contribution is 5.78. The van der Waals surface area contributed by atoms with Crippen LogP contribution in [0, 0.1) is 0 Å². The maximum Gasteiger partial charge on any atom is 0.222 e. The number of amides is 1. The number of carbonyl (C=O) groups is 1. The molecule has 0 aromatic carbocycles. The van der Waals surface area contributed by atoms with Gasteiger partial charge in [-0.1, -0.05) is 5.21 Å². The molecule has 1 saturated heterocycles. The van der Waals surface area contributed by atoms with E-state index in [4.69, 9.17) is 0 Å². The van der Waals surface area contributed by atoms with Crippen LogP contribution in [0.15, 0.2) is 24.5 Å². The van der Waals surface area contributed by atoms with Crippen molar-refractivity contribution in [2.45, 2.75) is 38.9 Å². The van der Waals surface area contributed by atoms with Gasteiger partial charge in [-0.2, -0.15) is 0 Å². The highest BCUT2D eigenvalue weighted by atomic mass is 16.2. The summed E-state index contributed by atoms with van der Waals surface area (Å²) in [6.07, 6.45) is 6.31. The molecule has 2 aromatic heterocycles. The topological polar surface area (TPSA) is 67.2 Å². The molecular formula is C16H20N6O. The lowest BCUT2D eigenvalue weighted by Crippen LogP contribution is -2.27. The number of hydrogen-bond acceptors (Lipinski definition) is 5. The summed E-state index contributed by atoms with van der Waals surface area (Å²) in [6, 6.07) is 4.04. The van der Waals surface area contributed by atoms with Gasteiger partial charge in [0.05, 0.1) is 30.7 Å². The number of aryl methyl sites for hydroxylation is 1. The smallest absolute Gasteiger partial charge is 0.222 e. The van der Waals surface area contributed by atoms with Gasteiger partial charge in [0.15, 0.2) is 0 Å². The highest BCUT2D eigenvalue weighted by Gasteiger charge is 2.25. The van der Waals surface area contributed by atoms with Crippen LogP contribution in [0.3, 0.4) is 0 Å². The molecule has 1 amide bonds. The molecule has 2 aliphatic heterocycles. The second kappa shape index (κ2) is 5.98. The fourth-order valence-corrected chi connectivity index (χ4v) is 3.33. The standard InChI is InChI=1S/C16H20N6O/c23-16-5-2-7-21(16)11-14-15-12-20(13-4-1-6-17-10-13)8-3-9-22(15)19-18-14/h1,4,6,10H,2-3,5,7-9,11-12H2. The Kier molecular flexibility index (Phi) is 3.69. The van der Waals surface area contributed by atoms with Crippen LogP contribution in [0.25, 0.3) is 0 Å². The molecule has 0 saturated carbocycles. The molecule has 0 atom stereocenters. The first-order chi connectivity index (χ1) is 11.3. The van der Waals surface area contributed by atoms with Crippen LogP contribution >= 0.6 is 0 Å². The number of likely N-dealkylation sites (tertiary alicyclic amines) is 1. The van der Waals surface area contributed by atoms with E-state index in [1.54, 1.807) is 6.20 Å². The van der Waals surface area contributed by atoms with Crippen LogP contribution in [0.4, 0.5) is 5.69 Å². The van der Waals surface area contributed by atoms with E-state index < -0.39 is 0 Å². The van der Waals surface area contributed by atoms with Gasteiger partial charge in [-0.25, -0.2) is 4.68 Å². The molecule has 0 unspecified atom stereocenters. The van der Waals surface area contributed by atoms with Crippen LogP contribution < -0.4 is 4.90 Å². The van der Waals surface area contributed by atoms with Gasteiger partial charge in [0.25, 0.3) is 0 Å². The molecule has 0 bridgehead atoms. The van der Waals surface area contributed by atoms with Gasteiger partial charge in [-0.05, 0) is 25.0 Å². The molecule has 7 nitrogen and oxygen atoms in total. The third-order valence-electron chi connectivity index (χ3n) is 4.58. The summed E-state index contributed by atoms with van der Waals surface area (Å²) in [6.45, 7) is 4.01. The van der Waals surface area contributed by atoms with Crippen molar-refractivity contribution in [1.82, 2.24) is 24.9 Å². The summed E-state index contributed by atoms with van der Waals surface area (Å²) < 4.78 is 1.99. The second-order valence-corrected chi connectivity index (χ2v) is 6.11. The normalized spacial score (nSPS) is 18.2. The molecule has 0 spiro atoms. The van der Waals surface area contributed by atoms with Crippen molar-refractivity contribution in [3.05, 3.63) is 35.9 Å². The van der Waals surface area contributed by atoms with Crippen LogP contribution in [0.2, 0.25) is 0 Å². The molecular weight excluding hydrogens is 292 g/mol. The third kappa shape index (κ3) is 2.78. The molecule has 120 valence electrons. The van der Waals surface area contributed by atoms with Crippen molar-refractivity contribution in [2.75, 3.05) is 18.0 Å². The lowest BCUT2D eigenvalue weighted by molar-refractivity contribution is -0.128. The molecule has 2 aromatic rings. The van der Waals surface area contributed by atoms with Crippen molar-refractivity contribution in [1.29, 1.82) is 0 Å². The number of aromatic nitrogens is 4. The Balaban J connectivity index is 1.58. The average molecular weight is 312 g/mol. The summed E-state index contributed by atoms with van der Waals surface area (Å²) in [7, 11) is 0. The molecule has 7 heteroatoms. The number of pyridine rings is 1. The van der Waals surface area contributed by atoms with E-state index in [1.165, 1.54) is 0 Å².